The monoisotopic (exact) mass is 344 g/mol. The van der Waals surface area contributed by atoms with Gasteiger partial charge >= 0.3 is 0 Å². The minimum absolute atomic E-state index is 0.397. The third kappa shape index (κ3) is 3.67. The van der Waals surface area contributed by atoms with Crippen molar-refractivity contribution < 1.29 is 0 Å². The summed E-state index contributed by atoms with van der Waals surface area (Å²) in [5, 5.41) is 6.70. The van der Waals surface area contributed by atoms with Crippen LogP contribution in [0.25, 0.3) is 0 Å². The Labute approximate surface area is 146 Å². The molecule has 1 saturated heterocycles. The average molecular weight is 344 g/mol. The van der Waals surface area contributed by atoms with Crippen molar-refractivity contribution in [3.05, 3.63) is 29.0 Å². The van der Waals surface area contributed by atoms with Crippen molar-refractivity contribution >= 4 is 23.0 Å². The zero-order valence-corrected chi connectivity index (χ0v) is 14.9. The van der Waals surface area contributed by atoms with E-state index in [1.807, 2.05) is 6.20 Å². The Balaban J connectivity index is 1.34. The summed E-state index contributed by atoms with van der Waals surface area (Å²) in [7, 11) is 0. The summed E-state index contributed by atoms with van der Waals surface area (Å²) in [4.78, 5) is 18.1. The fourth-order valence-corrected chi connectivity index (χ4v) is 3.85. The van der Waals surface area contributed by atoms with Gasteiger partial charge < -0.3 is 10.2 Å². The molecule has 4 rings (SSSR count). The van der Waals surface area contributed by atoms with Crippen molar-refractivity contribution in [3.8, 4) is 0 Å². The quantitative estimate of drug-likeness (QED) is 0.869. The van der Waals surface area contributed by atoms with Crippen molar-refractivity contribution in [2.24, 2.45) is 5.92 Å². The normalized spacial score (nSPS) is 20.1. The van der Waals surface area contributed by atoms with E-state index in [0.717, 1.165) is 50.3 Å². The Hall–Kier alpha value is -1.73. The van der Waals surface area contributed by atoms with Crippen LogP contribution in [0.15, 0.2) is 24.0 Å². The van der Waals surface area contributed by atoms with Crippen molar-refractivity contribution in [2.45, 2.75) is 25.8 Å². The van der Waals surface area contributed by atoms with Gasteiger partial charge in [0.1, 0.15) is 23.0 Å². The topological polar surface area (TPSA) is 57.2 Å². The van der Waals surface area contributed by atoms with E-state index in [1.165, 1.54) is 17.8 Å². The molecule has 2 aromatic rings. The number of nitrogens with zero attached hydrogens (tertiary/aromatic N) is 5. The van der Waals surface area contributed by atoms with E-state index in [1.54, 1.807) is 17.7 Å². The molecule has 2 fully saturated rings. The zero-order valence-electron chi connectivity index (χ0n) is 14.1. The molecule has 0 bridgehead atoms. The first-order chi connectivity index (χ1) is 11.8. The molecule has 1 saturated carbocycles. The van der Waals surface area contributed by atoms with E-state index in [9.17, 15) is 0 Å². The molecule has 24 heavy (non-hydrogen) atoms. The smallest absolute Gasteiger partial charge is 0.134 e. The lowest BCUT2D eigenvalue weighted by molar-refractivity contribution is 0.198. The molecule has 0 radical (unpaired) electrons. The highest BCUT2D eigenvalue weighted by Crippen LogP contribution is 2.29. The van der Waals surface area contributed by atoms with Gasteiger partial charge in [-0.3, -0.25) is 4.90 Å². The van der Waals surface area contributed by atoms with E-state index in [4.69, 9.17) is 0 Å². The molecule has 2 aliphatic rings. The van der Waals surface area contributed by atoms with Crippen LogP contribution in [0.3, 0.4) is 0 Å². The second kappa shape index (κ2) is 7.03. The molecule has 0 amide bonds. The Kier molecular flexibility index (Phi) is 4.62. The van der Waals surface area contributed by atoms with Crippen molar-refractivity contribution in [1.82, 2.24) is 19.9 Å². The molecule has 1 unspecified atom stereocenters. The largest absolute Gasteiger partial charge is 0.370 e. The van der Waals surface area contributed by atoms with Crippen LogP contribution in [0.2, 0.25) is 0 Å². The van der Waals surface area contributed by atoms with Gasteiger partial charge in [0.25, 0.3) is 0 Å². The van der Waals surface area contributed by atoms with Gasteiger partial charge in [-0.05, 0) is 25.7 Å². The highest BCUT2D eigenvalue weighted by molar-refractivity contribution is 7.09. The highest BCUT2D eigenvalue weighted by atomic mass is 32.1. The minimum Gasteiger partial charge on any atom is -0.370 e. The van der Waals surface area contributed by atoms with Gasteiger partial charge in [0.05, 0.1) is 6.04 Å². The van der Waals surface area contributed by atoms with Gasteiger partial charge in [0, 0.05) is 50.4 Å². The molecule has 6 nitrogen and oxygen atoms in total. The molecule has 0 spiro atoms. The molecule has 0 aromatic carbocycles. The number of hydrogen-bond donors (Lipinski definition) is 1. The van der Waals surface area contributed by atoms with Crippen LogP contribution in [0.1, 0.15) is 30.8 Å². The first-order valence-corrected chi connectivity index (χ1v) is 9.62. The van der Waals surface area contributed by atoms with Gasteiger partial charge in [-0.25, -0.2) is 15.0 Å². The van der Waals surface area contributed by atoms with E-state index in [-0.39, 0.29) is 0 Å². The second-order valence-electron chi connectivity index (χ2n) is 6.66. The molecular weight excluding hydrogens is 320 g/mol. The summed E-state index contributed by atoms with van der Waals surface area (Å²) in [5.41, 5.74) is 0. The molecule has 3 heterocycles. The molecule has 7 heteroatoms. The van der Waals surface area contributed by atoms with Crippen LogP contribution in [0.4, 0.5) is 11.6 Å². The van der Waals surface area contributed by atoms with E-state index < -0.39 is 0 Å². The maximum absolute atomic E-state index is 4.47. The Morgan fingerprint density at radius 2 is 2.04 bits per heavy atom. The first kappa shape index (κ1) is 15.8. The third-order valence-corrected chi connectivity index (χ3v) is 5.86. The summed E-state index contributed by atoms with van der Waals surface area (Å²) in [6.07, 6.45) is 6.27. The average Bonchev–Trinajstić information content (AvgIpc) is 3.31. The van der Waals surface area contributed by atoms with Gasteiger partial charge in [0.15, 0.2) is 0 Å². The lowest BCUT2D eigenvalue weighted by Crippen LogP contribution is -2.47. The number of thiazole rings is 1. The standard InChI is InChI=1S/C17H24N6S/c1-13(17-18-4-9-24-17)22-5-7-23(8-6-22)16-10-15(20-12-21-16)19-11-14-2-3-14/h4,9-10,12-14H,2-3,5-8,11H2,1H3,(H,19,20,21). The minimum atomic E-state index is 0.397. The number of rotatable bonds is 6. The number of piperazine rings is 1. The lowest BCUT2D eigenvalue weighted by atomic mass is 10.2. The van der Waals surface area contributed by atoms with Crippen LogP contribution < -0.4 is 10.2 Å². The summed E-state index contributed by atoms with van der Waals surface area (Å²) in [6.45, 7) is 7.35. The van der Waals surface area contributed by atoms with Crippen LogP contribution in [-0.2, 0) is 0 Å². The van der Waals surface area contributed by atoms with Crippen LogP contribution in [0, 0.1) is 5.92 Å². The fourth-order valence-electron chi connectivity index (χ4n) is 3.12. The predicted molar refractivity (Wildman–Crippen MR) is 97.6 cm³/mol. The SMILES string of the molecule is CC(c1nccs1)N1CCN(c2cc(NCC3CC3)ncn2)CC1. The fraction of sp³-hybridized carbons (Fsp3) is 0.588. The van der Waals surface area contributed by atoms with Gasteiger partial charge in [-0.15, -0.1) is 11.3 Å². The second-order valence-corrected chi connectivity index (χ2v) is 7.58. The predicted octanol–water partition coefficient (Wildman–Crippen LogP) is 2.64. The van der Waals surface area contributed by atoms with Gasteiger partial charge in [-0.1, -0.05) is 0 Å². The molecule has 128 valence electrons. The van der Waals surface area contributed by atoms with Crippen LogP contribution in [0.5, 0.6) is 0 Å². The summed E-state index contributed by atoms with van der Waals surface area (Å²) >= 11 is 1.74. The number of nitrogens with one attached hydrogen (secondary N) is 1. The summed E-state index contributed by atoms with van der Waals surface area (Å²) in [6, 6.07) is 2.48. The molecule has 1 N–H and O–H groups in total. The number of anilines is 2. The Bertz CT molecular complexity index is 649. The summed E-state index contributed by atoms with van der Waals surface area (Å²) in [5.74, 6) is 2.83. The Morgan fingerprint density at radius 1 is 1.21 bits per heavy atom. The van der Waals surface area contributed by atoms with Crippen LogP contribution >= 0.6 is 11.3 Å². The van der Waals surface area contributed by atoms with Gasteiger partial charge in [-0.2, -0.15) is 0 Å². The van der Waals surface area contributed by atoms with E-state index in [2.05, 4.69) is 48.4 Å². The molecule has 1 aliphatic carbocycles. The van der Waals surface area contributed by atoms with Crippen LogP contribution in [-0.4, -0.2) is 52.6 Å². The Morgan fingerprint density at radius 3 is 2.75 bits per heavy atom. The lowest BCUT2D eigenvalue weighted by Gasteiger charge is -2.37. The number of hydrogen-bond acceptors (Lipinski definition) is 7. The molecule has 1 aliphatic heterocycles. The highest BCUT2D eigenvalue weighted by Gasteiger charge is 2.24. The van der Waals surface area contributed by atoms with Crippen molar-refractivity contribution in [2.75, 3.05) is 42.9 Å². The maximum Gasteiger partial charge on any atom is 0.134 e. The first-order valence-electron chi connectivity index (χ1n) is 8.74. The summed E-state index contributed by atoms with van der Waals surface area (Å²) < 4.78 is 0. The maximum atomic E-state index is 4.47. The number of aromatic nitrogens is 3. The molecular formula is C17H24N6S. The van der Waals surface area contributed by atoms with E-state index in [0.29, 0.717) is 6.04 Å². The van der Waals surface area contributed by atoms with E-state index >= 15 is 0 Å². The van der Waals surface area contributed by atoms with Crippen molar-refractivity contribution in [3.63, 3.8) is 0 Å². The zero-order chi connectivity index (χ0) is 16.4. The van der Waals surface area contributed by atoms with Gasteiger partial charge in [0.2, 0.25) is 0 Å². The third-order valence-electron chi connectivity index (χ3n) is 4.92. The van der Waals surface area contributed by atoms with Crippen molar-refractivity contribution in [1.29, 1.82) is 0 Å². The molecule has 2 aromatic heterocycles. The molecule has 1 atom stereocenters.